The fourth-order valence-electron chi connectivity index (χ4n) is 2.23. The molecule has 1 aromatic carbocycles. The molecule has 1 heteroatoms. The summed E-state index contributed by atoms with van der Waals surface area (Å²) in [7, 11) is 0. The lowest BCUT2D eigenvalue weighted by Crippen LogP contribution is -2.05. The van der Waals surface area contributed by atoms with Crippen molar-refractivity contribution in [2.45, 2.75) is 45.4 Å². The molecule has 0 N–H and O–H groups in total. The van der Waals surface area contributed by atoms with E-state index < -0.39 is 0 Å². The molecule has 0 radical (unpaired) electrons. The van der Waals surface area contributed by atoms with Gasteiger partial charge in [-0.2, -0.15) is 0 Å². The van der Waals surface area contributed by atoms with Gasteiger partial charge >= 0.3 is 0 Å². The minimum atomic E-state index is 0.624. The normalized spacial score (nSPS) is 15.0. The second-order valence-corrected chi connectivity index (χ2v) is 6.38. The van der Waals surface area contributed by atoms with Crippen LogP contribution in [0, 0.1) is 19.8 Å². The van der Waals surface area contributed by atoms with E-state index in [0.29, 0.717) is 4.83 Å². The van der Waals surface area contributed by atoms with Gasteiger partial charge in [0.2, 0.25) is 0 Å². The van der Waals surface area contributed by atoms with Crippen LogP contribution >= 0.6 is 15.9 Å². The maximum Gasteiger partial charge on any atom is 0.0120 e. The van der Waals surface area contributed by atoms with E-state index in [1.165, 1.54) is 29.5 Å². The van der Waals surface area contributed by atoms with Crippen LogP contribution in [0.5, 0.6) is 0 Å². The van der Waals surface area contributed by atoms with Gasteiger partial charge in [0.05, 0.1) is 0 Å². The van der Waals surface area contributed by atoms with E-state index in [4.69, 9.17) is 0 Å². The van der Waals surface area contributed by atoms with Crippen LogP contribution in [0.1, 0.15) is 37.0 Å². The number of hydrogen-bond donors (Lipinski definition) is 0. The second kappa shape index (κ2) is 5.69. The molecule has 0 fully saturated rings. The van der Waals surface area contributed by atoms with Crippen molar-refractivity contribution < 1.29 is 0 Å². The molecule has 0 heterocycles. The van der Waals surface area contributed by atoms with Gasteiger partial charge in [0.25, 0.3) is 0 Å². The molecule has 0 nitrogen and oxygen atoms in total. The summed E-state index contributed by atoms with van der Waals surface area (Å²) in [5.74, 6) is 0.751. The Hall–Kier alpha value is -0.300. The van der Waals surface area contributed by atoms with E-state index in [0.717, 1.165) is 5.92 Å². The standard InChI is InChI=1S/C14H21Br/c1-10-5-11(2)8-14(7-10)9-12(3)6-13(4)15/h5,7-8,12-13H,6,9H2,1-4H3. The second-order valence-electron chi connectivity index (χ2n) is 4.82. The molecule has 1 aromatic rings. The van der Waals surface area contributed by atoms with E-state index in [1.807, 2.05) is 0 Å². The topological polar surface area (TPSA) is 0 Å². The van der Waals surface area contributed by atoms with Crippen LogP contribution < -0.4 is 0 Å². The number of hydrogen-bond acceptors (Lipinski definition) is 0. The van der Waals surface area contributed by atoms with Crippen LogP contribution in [0.2, 0.25) is 0 Å². The van der Waals surface area contributed by atoms with Crippen LogP contribution in [0.4, 0.5) is 0 Å². The van der Waals surface area contributed by atoms with E-state index in [-0.39, 0.29) is 0 Å². The zero-order valence-electron chi connectivity index (χ0n) is 10.2. The Labute approximate surface area is 102 Å². The Morgan fingerprint density at radius 2 is 1.60 bits per heavy atom. The Bertz CT molecular complexity index is 295. The van der Waals surface area contributed by atoms with Crippen molar-refractivity contribution in [1.82, 2.24) is 0 Å². The summed E-state index contributed by atoms with van der Waals surface area (Å²) >= 11 is 3.62. The highest BCUT2D eigenvalue weighted by atomic mass is 79.9. The van der Waals surface area contributed by atoms with Crippen LogP contribution in [0.15, 0.2) is 18.2 Å². The highest BCUT2D eigenvalue weighted by Crippen LogP contribution is 2.19. The van der Waals surface area contributed by atoms with Crippen LogP contribution in [0.3, 0.4) is 0 Å². The van der Waals surface area contributed by atoms with E-state index in [1.54, 1.807) is 0 Å². The largest absolute Gasteiger partial charge is 0.0894 e. The first-order valence-electron chi connectivity index (χ1n) is 5.68. The molecule has 1 rings (SSSR count). The van der Waals surface area contributed by atoms with Gasteiger partial charge in [-0.3, -0.25) is 0 Å². The van der Waals surface area contributed by atoms with Gasteiger partial charge in [0.15, 0.2) is 0 Å². The number of alkyl halides is 1. The number of halogens is 1. The number of aryl methyl sites for hydroxylation is 2. The molecule has 0 aliphatic rings. The van der Waals surface area contributed by atoms with Crippen molar-refractivity contribution in [2.75, 3.05) is 0 Å². The fourth-order valence-corrected chi connectivity index (χ4v) is 2.87. The van der Waals surface area contributed by atoms with Crippen molar-refractivity contribution in [2.24, 2.45) is 5.92 Å². The SMILES string of the molecule is Cc1cc(C)cc(CC(C)CC(C)Br)c1. The Balaban J connectivity index is 2.63. The van der Waals surface area contributed by atoms with Gasteiger partial charge in [0.1, 0.15) is 0 Å². The summed E-state index contributed by atoms with van der Waals surface area (Å²) in [6.45, 7) is 8.90. The minimum Gasteiger partial charge on any atom is -0.0894 e. The molecule has 2 unspecified atom stereocenters. The predicted octanol–water partition coefficient (Wildman–Crippen LogP) is 4.66. The lowest BCUT2D eigenvalue weighted by Gasteiger charge is -2.13. The molecule has 2 atom stereocenters. The average molecular weight is 269 g/mol. The van der Waals surface area contributed by atoms with Crippen LogP contribution in [-0.2, 0) is 6.42 Å². The third-order valence-corrected chi connectivity index (χ3v) is 2.97. The molecule has 15 heavy (non-hydrogen) atoms. The van der Waals surface area contributed by atoms with Crippen molar-refractivity contribution in [3.8, 4) is 0 Å². The molecular weight excluding hydrogens is 248 g/mol. The van der Waals surface area contributed by atoms with Gasteiger partial charge < -0.3 is 0 Å². The molecule has 0 spiro atoms. The summed E-state index contributed by atoms with van der Waals surface area (Å²) < 4.78 is 0. The minimum absolute atomic E-state index is 0.624. The van der Waals surface area contributed by atoms with Crippen molar-refractivity contribution in [1.29, 1.82) is 0 Å². The zero-order valence-corrected chi connectivity index (χ0v) is 11.8. The van der Waals surface area contributed by atoms with Gasteiger partial charge in [0, 0.05) is 4.83 Å². The van der Waals surface area contributed by atoms with E-state index in [9.17, 15) is 0 Å². The van der Waals surface area contributed by atoms with E-state index in [2.05, 4.69) is 61.8 Å². The van der Waals surface area contributed by atoms with Gasteiger partial charge in [-0.1, -0.05) is 59.1 Å². The van der Waals surface area contributed by atoms with Crippen molar-refractivity contribution in [3.05, 3.63) is 34.9 Å². The fraction of sp³-hybridized carbons (Fsp3) is 0.571. The smallest absolute Gasteiger partial charge is 0.0120 e. The predicted molar refractivity (Wildman–Crippen MR) is 71.8 cm³/mol. The first-order chi connectivity index (χ1) is 6.97. The Morgan fingerprint density at radius 3 is 2.07 bits per heavy atom. The Morgan fingerprint density at radius 1 is 1.07 bits per heavy atom. The van der Waals surface area contributed by atoms with E-state index >= 15 is 0 Å². The van der Waals surface area contributed by atoms with Crippen molar-refractivity contribution in [3.63, 3.8) is 0 Å². The third-order valence-electron chi connectivity index (χ3n) is 2.59. The molecule has 84 valence electrons. The highest BCUT2D eigenvalue weighted by Gasteiger charge is 2.07. The monoisotopic (exact) mass is 268 g/mol. The number of benzene rings is 1. The lowest BCUT2D eigenvalue weighted by atomic mass is 9.95. The summed E-state index contributed by atoms with van der Waals surface area (Å²) in [5, 5.41) is 0. The quantitative estimate of drug-likeness (QED) is 0.697. The maximum atomic E-state index is 3.62. The maximum absolute atomic E-state index is 3.62. The van der Waals surface area contributed by atoms with Crippen LogP contribution in [-0.4, -0.2) is 4.83 Å². The summed E-state index contributed by atoms with van der Waals surface area (Å²) in [6.07, 6.45) is 2.44. The van der Waals surface area contributed by atoms with Crippen LogP contribution in [0.25, 0.3) is 0 Å². The Kier molecular flexibility index (Phi) is 4.85. The van der Waals surface area contributed by atoms with Gasteiger partial charge in [-0.15, -0.1) is 0 Å². The van der Waals surface area contributed by atoms with Crippen molar-refractivity contribution >= 4 is 15.9 Å². The molecule has 0 aliphatic heterocycles. The number of rotatable bonds is 4. The molecule has 0 bridgehead atoms. The third kappa shape index (κ3) is 4.83. The molecule has 0 amide bonds. The summed E-state index contributed by atoms with van der Waals surface area (Å²) in [4.78, 5) is 0.624. The molecular formula is C14H21Br. The van der Waals surface area contributed by atoms with Gasteiger partial charge in [-0.25, -0.2) is 0 Å². The first kappa shape index (κ1) is 12.8. The lowest BCUT2D eigenvalue weighted by molar-refractivity contribution is 0.532. The summed E-state index contributed by atoms with van der Waals surface area (Å²) in [5.41, 5.74) is 4.24. The summed E-state index contributed by atoms with van der Waals surface area (Å²) in [6, 6.07) is 6.85. The molecule has 0 saturated heterocycles. The molecule has 0 aliphatic carbocycles. The highest BCUT2D eigenvalue weighted by molar-refractivity contribution is 9.09. The first-order valence-corrected chi connectivity index (χ1v) is 6.60. The zero-order chi connectivity index (χ0) is 11.4. The molecule has 0 saturated carbocycles. The van der Waals surface area contributed by atoms with Gasteiger partial charge in [-0.05, 0) is 38.2 Å². The molecule has 0 aromatic heterocycles. The average Bonchev–Trinajstić information content (AvgIpc) is 1.98.